The molecule has 0 radical (unpaired) electrons. The average molecular weight is 398 g/mol. The highest BCUT2D eigenvalue weighted by atomic mass is 16.5. The van der Waals surface area contributed by atoms with E-state index in [0.29, 0.717) is 42.6 Å². The van der Waals surface area contributed by atoms with Crippen LogP contribution in [0.2, 0.25) is 0 Å². The van der Waals surface area contributed by atoms with Gasteiger partial charge in [-0.05, 0) is 37.8 Å². The van der Waals surface area contributed by atoms with Gasteiger partial charge in [0.15, 0.2) is 11.4 Å². The smallest absolute Gasteiger partial charge is 0.408 e. The van der Waals surface area contributed by atoms with Crippen molar-refractivity contribution >= 4 is 17.0 Å². The monoisotopic (exact) mass is 398 g/mol. The predicted octanol–water partition coefficient (Wildman–Crippen LogP) is 2.06. The SMILES string of the molecule is O=C(Cn1c(=O)oc2ccccc21)N1CCC(OCc2nc(C3CC3)no2)CC1. The molecular formula is C20H22N4O5. The summed E-state index contributed by atoms with van der Waals surface area (Å²) in [6.45, 7) is 1.46. The Labute approximate surface area is 166 Å². The molecule has 3 heterocycles. The van der Waals surface area contributed by atoms with E-state index in [9.17, 15) is 9.59 Å². The van der Waals surface area contributed by atoms with Crippen molar-refractivity contribution < 1.29 is 18.5 Å². The summed E-state index contributed by atoms with van der Waals surface area (Å²) in [6, 6.07) is 7.11. The molecule has 2 fully saturated rings. The summed E-state index contributed by atoms with van der Waals surface area (Å²) in [7, 11) is 0. The summed E-state index contributed by atoms with van der Waals surface area (Å²) in [6.07, 6.45) is 3.78. The topological polar surface area (TPSA) is 104 Å². The van der Waals surface area contributed by atoms with Crippen molar-refractivity contribution in [3.05, 3.63) is 46.5 Å². The Morgan fingerprint density at radius 3 is 2.76 bits per heavy atom. The van der Waals surface area contributed by atoms with E-state index in [1.807, 2.05) is 6.07 Å². The number of carbonyl (C=O) groups is 1. The number of carbonyl (C=O) groups excluding carboxylic acids is 1. The lowest BCUT2D eigenvalue weighted by Gasteiger charge is -2.31. The van der Waals surface area contributed by atoms with Crippen molar-refractivity contribution in [2.75, 3.05) is 13.1 Å². The fraction of sp³-hybridized carbons (Fsp3) is 0.500. The molecule has 1 aliphatic heterocycles. The number of aromatic nitrogens is 3. The molecule has 1 saturated heterocycles. The summed E-state index contributed by atoms with van der Waals surface area (Å²) < 4.78 is 17.7. The minimum absolute atomic E-state index is 0.0205. The lowest BCUT2D eigenvalue weighted by Crippen LogP contribution is -2.43. The third-order valence-corrected chi connectivity index (χ3v) is 5.53. The van der Waals surface area contributed by atoms with E-state index in [-0.39, 0.29) is 18.6 Å². The van der Waals surface area contributed by atoms with Crippen LogP contribution in [0.3, 0.4) is 0 Å². The van der Waals surface area contributed by atoms with Crippen molar-refractivity contribution in [3.8, 4) is 0 Å². The van der Waals surface area contributed by atoms with Gasteiger partial charge in [-0.25, -0.2) is 4.79 Å². The van der Waals surface area contributed by atoms with Gasteiger partial charge in [0, 0.05) is 19.0 Å². The lowest BCUT2D eigenvalue weighted by molar-refractivity contribution is -0.134. The van der Waals surface area contributed by atoms with Gasteiger partial charge in [0.25, 0.3) is 5.89 Å². The van der Waals surface area contributed by atoms with Crippen LogP contribution in [0.4, 0.5) is 0 Å². The van der Waals surface area contributed by atoms with E-state index in [2.05, 4.69) is 10.1 Å². The molecule has 9 nitrogen and oxygen atoms in total. The van der Waals surface area contributed by atoms with Crippen LogP contribution >= 0.6 is 0 Å². The van der Waals surface area contributed by atoms with Crippen LogP contribution in [0.25, 0.3) is 11.1 Å². The van der Waals surface area contributed by atoms with Gasteiger partial charge in [0.05, 0.1) is 11.6 Å². The first-order valence-corrected chi connectivity index (χ1v) is 9.97. The second kappa shape index (κ2) is 7.47. The number of ether oxygens (including phenoxy) is 1. The second-order valence-electron chi connectivity index (χ2n) is 7.63. The molecule has 1 amide bonds. The highest BCUT2D eigenvalue weighted by molar-refractivity contribution is 5.79. The first-order valence-electron chi connectivity index (χ1n) is 9.97. The zero-order valence-corrected chi connectivity index (χ0v) is 16.0. The van der Waals surface area contributed by atoms with E-state index >= 15 is 0 Å². The number of oxazole rings is 1. The van der Waals surface area contributed by atoms with E-state index in [1.54, 1.807) is 23.1 Å². The van der Waals surface area contributed by atoms with Crippen molar-refractivity contribution in [2.24, 2.45) is 0 Å². The van der Waals surface area contributed by atoms with Crippen LogP contribution in [-0.2, 0) is 22.7 Å². The third-order valence-electron chi connectivity index (χ3n) is 5.53. The fourth-order valence-electron chi connectivity index (χ4n) is 3.69. The number of benzene rings is 1. The summed E-state index contributed by atoms with van der Waals surface area (Å²) in [5, 5.41) is 3.99. The minimum Gasteiger partial charge on any atom is -0.408 e. The minimum atomic E-state index is -0.511. The van der Waals surface area contributed by atoms with E-state index in [0.717, 1.165) is 31.5 Å². The van der Waals surface area contributed by atoms with E-state index in [4.69, 9.17) is 13.7 Å². The van der Waals surface area contributed by atoms with Crippen LogP contribution in [0, 0.1) is 0 Å². The number of likely N-dealkylation sites (tertiary alicyclic amines) is 1. The third kappa shape index (κ3) is 3.82. The van der Waals surface area contributed by atoms with Gasteiger partial charge >= 0.3 is 5.76 Å². The molecule has 1 aromatic carbocycles. The molecular weight excluding hydrogens is 376 g/mol. The molecule has 0 spiro atoms. The standard InChI is InChI=1S/C20H22N4O5/c25-18(11-24-15-3-1-2-4-16(15)28-20(24)26)23-9-7-14(8-10-23)27-12-17-21-19(22-29-17)13-5-6-13/h1-4,13-14H,5-12H2. The number of hydrogen-bond donors (Lipinski definition) is 0. The number of amides is 1. The molecule has 0 atom stereocenters. The van der Waals surface area contributed by atoms with Gasteiger partial charge in [-0.2, -0.15) is 4.98 Å². The van der Waals surface area contributed by atoms with Crippen molar-refractivity contribution in [2.45, 2.75) is 50.9 Å². The Bertz CT molecular complexity index is 1070. The highest BCUT2D eigenvalue weighted by Crippen LogP contribution is 2.38. The molecule has 29 heavy (non-hydrogen) atoms. The second-order valence-corrected chi connectivity index (χ2v) is 7.63. The Balaban J connectivity index is 1.13. The summed E-state index contributed by atoms with van der Waals surface area (Å²) >= 11 is 0. The summed E-state index contributed by atoms with van der Waals surface area (Å²) in [5.74, 6) is 1.15. The largest absolute Gasteiger partial charge is 0.420 e. The number of piperidine rings is 1. The van der Waals surface area contributed by atoms with Crippen molar-refractivity contribution in [3.63, 3.8) is 0 Å². The molecule has 5 rings (SSSR count). The van der Waals surface area contributed by atoms with Crippen molar-refractivity contribution in [1.29, 1.82) is 0 Å². The average Bonchev–Trinajstić information content (AvgIpc) is 3.40. The van der Waals surface area contributed by atoms with Gasteiger partial charge in [-0.3, -0.25) is 9.36 Å². The van der Waals surface area contributed by atoms with E-state index in [1.165, 1.54) is 4.57 Å². The number of rotatable bonds is 6. The summed E-state index contributed by atoms with van der Waals surface area (Å²) in [5.41, 5.74) is 1.12. The molecule has 0 N–H and O–H groups in total. The quantitative estimate of drug-likeness (QED) is 0.626. The number of para-hydroxylation sites is 2. The zero-order chi connectivity index (χ0) is 19.8. The van der Waals surface area contributed by atoms with Crippen LogP contribution in [0.5, 0.6) is 0 Å². The molecule has 2 aromatic heterocycles. The molecule has 9 heteroatoms. The van der Waals surface area contributed by atoms with Gasteiger partial charge < -0.3 is 18.6 Å². The number of hydrogen-bond acceptors (Lipinski definition) is 7. The van der Waals surface area contributed by atoms with Gasteiger partial charge in [0.1, 0.15) is 13.2 Å². The molecule has 3 aromatic rings. The lowest BCUT2D eigenvalue weighted by atomic mass is 10.1. The van der Waals surface area contributed by atoms with Crippen LogP contribution in [0.15, 0.2) is 38.0 Å². The van der Waals surface area contributed by atoms with Crippen molar-refractivity contribution in [1.82, 2.24) is 19.6 Å². The predicted molar refractivity (Wildman–Crippen MR) is 101 cm³/mol. The maximum Gasteiger partial charge on any atom is 0.420 e. The Morgan fingerprint density at radius 1 is 1.17 bits per heavy atom. The number of nitrogens with zero attached hydrogens (tertiary/aromatic N) is 4. The summed E-state index contributed by atoms with van der Waals surface area (Å²) in [4.78, 5) is 30.9. The van der Waals surface area contributed by atoms with Crippen LogP contribution < -0.4 is 5.76 Å². The maximum absolute atomic E-state index is 12.7. The Kier molecular flexibility index (Phi) is 4.67. The molecule has 1 saturated carbocycles. The Morgan fingerprint density at radius 2 is 1.97 bits per heavy atom. The first-order chi connectivity index (χ1) is 14.2. The molecule has 0 bridgehead atoms. The van der Waals surface area contributed by atoms with Gasteiger partial charge in [-0.1, -0.05) is 17.3 Å². The van der Waals surface area contributed by atoms with Gasteiger partial charge in [-0.15, -0.1) is 0 Å². The molecule has 152 valence electrons. The Hall–Kier alpha value is -2.94. The molecule has 0 unspecified atom stereocenters. The highest BCUT2D eigenvalue weighted by Gasteiger charge is 2.29. The molecule has 2 aliphatic rings. The fourth-order valence-corrected chi connectivity index (χ4v) is 3.69. The van der Waals surface area contributed by atoms with Crippen LogP contribution in [0.1, 0.15) is 43.3 Å². The van der Waals surface area contributed by atoms with E-state index < -0.39 is 5.76 Å². The zero-order valence-electron chi connectivity index (χ0n) is 16.0. The van der Waals surface area contributed by atoms with Gasteiger partial charge in [0.2, 0.25) is 5.91 Å². The molecule has 1 aliphatic carbocycles. The maximum atomic E-state index is 12.7. The van der Waals surface area contributed by atoms with Crippen LogP contribution in [-0.4, -0.2) is 44.7 Å². The normalized spacial score (nSPS) is 17.9. The first kappa shape index (κ1) is 18.1. The number of fused-ring (bicyclic) bond motifs is 1.